The molecule has 102 valence electrons. The van der Waals surface area contributed by atoms with E-state index in [1.807, 2.05) is 45.0 Å². The summed E-state index contributed by atoms with van der Waals surface area (Å²) in [6.45, 7) is 8.06. The zero-order chi connectivity index (χ0) is 13.6. The number of hydrogen-bond acceptors (Lipinski definition) is 2. The molecule has 0 bridgehead atoms. The highest BCUT2D eigenvalue weighted by molar-refractivity contribution is 5.37. The summed E-state index contributed by atoms with van der Waals surface area (Å²) in [5.74, 6) is 0.800. The van der Waals surface area contributed by atoms with Crippen molar-refractivity contribution in [2.45, 2.75) is 65.1 Å². The third-order valence-corrected chi connectivity index (χ3v) is 3.10. The smallest absolute Gasteiger partial charge is 0.125 e. The van der Waals surface area contributed by atoms with E-state index in [-0.39, 0.29) is 6.10 Å². The quantitative estimate of drug-likeness (QED) is 0.733. The molecule has 0 aromatic heterocycles. The monoisotopic (exact) mass is 250 g/mol. The number of ether oxygens (including phenoxy) is 1. The maximum atomic E-state index is 10.6. The maximum absolute atomic E-state index is 10.6. The van der Waals surface area contributed by atoms with Crippen molar-refractivity contribution in [3.63, 3.8) is 0 Å². The Hall–Kier alpha value is -1.02. The van der Waals surface area contributed by atoms with Gasteiger partial charge in [-0.3, -0.25) is 0 Å². The van der Waals surface area contributed by atoms with Crippen LogP contribution in [0, 0.1) is 0 Å². The minimum Gasteiger partial charge on any atom is -0.491 e. The van der Waals surface area contributed by atoms with Gasteiger partial charge in [0.05, 0.1) is 11.7 Å². The highest BCUT2D eigenvalue weighted by atomic mass is 16.5. The lowest BCUT2D eigenvalue weighted by Gasteiger charge is -2.27. The molecule has 0 radical (unpaired) electrons. The highest BCUT2D eigenvalue weighted by Crippen LogP contribution is 2.34. The maximum Gasteiger partial charge on any atom is 0.125 e. The molecule has 1 aromatic carbocycles. The Balaban J connectivity index is 2.85. The highest BCUT2D eigenvalue weighted by Gasteiger charge is 2.26. The van der Waals surface area contributed by atoms with Crippen molar-refractivity contribution in [2.75, 3.05) is 0 Å². The fourth-order valence-electron chi connectivity index (χ4n) is 2.12. The molecular weight excluding hydrogens is 224 g/mol. The zero-order valence-corrected chi connectivity index (χ0v) is 12.1. The lowest BCUT2D eigenvalue weighted by molar-refractivity contribution is 0.0408. The molecule has 0 fully saturated rings. The van der Waals surface area contributed by atoms with E-state index in [2.05, 4.69) is 6.92 Å². The molecule has 0 aliphatic carbocycles. The van der Waals surface area contributed by atoms with Gasteiger partial charge in [-0.15, -0.1) is 0 Å². The van der Waals surface area contributed by atoms with Crippen molar-refractivity contribution in [2.24, 2.45) is 0 Å². The fourth-order valence-corrected chi connectivity index (χ4v) is 2.12. The van der Waals surface area contributed by atoms with Gasteiger partial charge in [0.1, 0.15) is 5.75 Å². The van der Waals surface area contributed by atoms with Gasteiger partial charge in [-0.25, -0.2) is 0 Å². The average molecular weight is 250 g/mol. The van der Waals surface area contributed by atoms with Crippen LogP contribution in [0.1, 0.15) is 58.9 Å². The molecule has 0 saturated carbocycles. The van der Waals surface area contributed by atoms with Gasteiger partial charge < -0.3 is 9.84 Å². The van der Waals surface area contributed by atoms with Gasteiger partial charge in [-0.1, -0.05) is 44.4 Å². The van der Waals surface area contributed by atoms with Gasteiger partial charge in [-0.05, 0) is 33.3 Å². The molecule has 0 aliphatic heterocycles. The van der Waals surface area contributed by atoms with Crippen LogP contribution in [-0.4, -0.2) is 11.2 Å². The molecule has 2 heteroatoms. The van der Waals surface area contributed by atoms with Crippen molar-refractivity contribution >= 4 is 0 Å². The van der Waals surface area contributed by atoms with E-state index in [0.29, 0.717) is 0 Å². The van der Waals surface area contributed by atoms with Crippen molar-refractivity contribution in [1.29, 1.82) is 0 Å². The van der Waals surface area contributed by atoms with Gasteiger partial charge >= 0.3 is 0 Å². The normalized spacial score (nSPS) is 14.6. The molecule has 2 nitrogen and oxygen atoms in total. The Kier molecular flexibility index (Phi) is 5.67. The molecule has 0 spiro atoms. The van der Waals surface area contributed by atoms with E-state index in [9.17, 15) is 5.11 Å². The summed E-state index contributed by atoms with van der Waals surface area (Å²) in [7, 11) is 0. The predicted octanol–water partition coefficient (Wildman–Crippen LogP) is 4.26. The standard InChI is InChI=1S/C16H26O2/c1-5-6-9-12-16(4,17)14-10-7-8-11-15(14)18-13(2)3/h7-8,10-11,13,17H,5-6,9,12H2,1-4H3. The lowest BCUT2D eigenvalue weighted by atomic mass is 9.89. The molecule has 0 saturated heterocycles. The summed E-state index contributed by atoms with van der Waals surface area (Å²) in [6.07, 6.45) is 4.26. The van der Waals surface area contributed by atoms with Gasteiger partial charge in [-0.2, -0.15) is 0 Å². The van der Waals surface area contributed by atoms with E-state index in [0.717, 1.165) is 30.6 Å². The van der Waals surface area contributed by atoms with Crippen LogP contribution in [0.5, 0.6) is 5.75 Å². The molecule has 1 rings (SSSR count). The Bertz CT molecular complexity index is 356. The van der Waals surface area contributed by atoms with Crippen molar-refractivity contribution in [3.8, 4) is 5.75 Å². The van der Waals surface area contributed by atoms with Crippen molar-refractivity contribution in [1.82, 2.24) is 0 Å². The average Bonchev–Trinajstić information content (AvgIpc) is 2.29. The van der Waals surface area contributed by atoms with Crippen LogP contribution in [-0.2, 0) is 5.60 Å². The first-order valence-electron chi connectivity index (χ1n) is 6.96. The van der Waals surface area contributed by atoms with Crippen LogP contribution >= 0.6 is 0 Å². The third-order valence-electron chi connectivity index (χ3n) is 3.10. The number of unbranched alkanes of at least 4 members (excludes halogenated alkanes) is 2. The molecule has 0 amide bonds. The van der Waals surface area contributed by atoms with E-state index in [1.54, 1.807) is 0 Å². The molecule has 1 unspecified atom stereocenters. The molecule has 1 N–H and O–H groups in total. The largest absolute Gasteiger partial charge is 0.491 e. The van der Waals surface area contributed by atoms with Crippen LogP contribution in [0.3, 0.4) is 0 Å². The van der Waals surface area contributed by atoms with Crippen molar-refractivity contribution in [3.05, 3.63) is 29.8 Å². The molecule has 0 heterocycles. The lowest BCUT2D eigenvalue weighted by Crippen LogP contribution is -2.23. The van der Waals surface area contributed by atoms with Gasteiger partial charge in [0.15, 0.2) is 0 Å². The number of rotatable bonds is 7. The number of aliphatic hydroxyl groups is 1. The first kappa shape index (κ1) is 15.0. The topological polar surface area (TPSA) is 29.5 Å². The van der Waals surface area contributed by atoms with E-state index >= 15 is 0 Å². The first-order chi connectivity index (χ1) is 8.47. The van der Waals surface area contributed by atoms with Crippen LogP contribution in [0.2, 0.25) is 0 Å². The predicted molar refractivity (Wildman–Crippen MR) is 75.9 cm³/mol. The Labute approximate surface area is 111 Å². The summed E-state index contributed by atoms with van der Waals surface area (Å²) in [4.78, 5) is 0. The second-order valence-electron chi connectivity index (χ2n) is 5.39. The fraction of sp³-hybridized carbons (Fsp3) is 0.625. The zero-order valence-electron chi connectivity index (χ0n) is 12.1. The molecule has 1 atom stereocenters. The summed E-state index contributed by atoms with van der Waals surface area (Å²) < 4.78 is 5.78. The van der Waals surface area contributed by atoms with Crippen LogP contribution in [0.4, 0.5) is 0 Å². The minimum atomic E-state index is -0.805. The molecule has 0 aliphatic rings. The molecule has 1 aromatic rings. The van der Waals surface area contributed by atoms with Gasteiger partial charge in [0.2, 0.25) is 0 Å². The summed E-state index contributed by atoms with van der Waals surface area (Å²) in [6, 6.07) is 7.80. The Morgan fingerprint density at radius 2 is 1.89 bits per heavy atom. The third kappa shape index (κ3) is 4.34. The van der Waals surface area contributed by atoms with Crippen LogP contribution in [0.15, 0.2) is 24.3 Å². The number of hydrogen-bond donors (Lipinski definition) is 1. The minimum absolute atomic E-state index is 0.123. The molecular formula is C16H26O2. The van der Waals surface area contributed by atoms with Crippen LogP contribution < -0.4 is 4.74 Å². The van der Waals surface area contributed by atoms with E-state index < -0.39 is 5.60 Å². The summed E-state index contributed by atoms with van der Waals surface area (Å²) in [5, 5.41) is 10.6. The number of para-hydroxylation sites is 1. The second kappa shape index (κ2) is 6.79. The van der Waals surface area contributed by atoms with Crippen molar-refractivity contribution < 1.29 is 9.84 Å². The van der Waals surface area contributed by atoms with Gasteiger partial charge in [0.25, 0.3) is 0 Å². The Morgan fingerprint density at radius 3 is 2.50 bits per heavy atom. The molecule has 18 heavy (non-hydrogen) atoms. The summed E-state index contributed by atoms with van der Waals surface area (Å²) >= 11 is 0. The summed E-state index contributed by atoms with van der Waals surface area (Å²) in [5.41, 5.74) is 0.0931. The van der Waals surface area contributed by atoms with Gasteiger partial charge in [0, 0.05) is 5.56 Å². The van der Waals surface area contributed by atoms with Crippen LogP contribution in [0.25, 0.3) is 0 Å². The SMILES string of the molecule is CCCCCC(C)(O)c1ccccc1OC(C)C. The van der Waals surface area contributed by atoms with E-state index in [1.165, 1.54) is 6.42 Å². The number of benzene rings is 1. The Morgan fingerprint density at radius 1 is 1.22 bits per heavy atom. The first-order valence-corrected chi connectivity index (χ1v) is 6.96. The van der Waals surface area contributed by atoms with E-state index in [4.69, 9.17) is 4.74 Å². The second-order valence-corrected chi connectivity index (χ2v) is 5.39.